The lowest BCUT2D eigenvalue weighted by Crippen LogP contribution is -2.47. The van der Waals surface area contributed by atoms with Gasteiger partial charge in [0.2, 0.25) is 11.6 Å². The Hall–Kier alpha value is -2.56. The van der Waals surface area contributed by atoms with Crippen LogP contribution in [0.2, 0.25) is 0 Å². The van der Waals surface area contributed by atoms with Gasteiger partial charge in [0.05, 0.1) is 0 Å². The zero-order chi connectivity index (χ0) is 18.0. The number of pyridine rings is 1. The SMILES string of the molecule is CC1(C)[C@]2(C(=O)Oc3cccc4cccnc34)CC[C@@]1(C)C(=O)C2=O. The van der Waals surface area contributed by atoms with Gasteiger partial charge in [0, 0.05) is 22.4 Å². The number of rotatable bonds is 2. The summed E-state index contributed by atoms with van der Waals surface area (Å²) in [5.74, 6) is -1.38. The molecule has 0 N–H and O–H groups in total. The predicted molar refractivity (Wildman–Crippen MR) is 90.9 cm³/mol. The van der Waals surface area contributed by atoms with E-state index in [1.165, 1.54) is 0 Å². The van der Waals surface area contributed by atoms with E-state index >= 15 is 0 Å². The number of carbonyl (C=O) groups excluding carboxylic acids is 3. The average molecular weight is 337 g/mol. The molecule has 0 radical (unpaired) electrons. The van der Waals surface area contributed by atoms with E-state index in [0.29, 0.717) is 24.1 Å². The minimum absolute atomic E-state index is 0.314. The van der Waals surface area contributed by atoms with Crippen molar-refractivity contribution in [3.05, 3.63) is 36.5 Å². The number of Topliss-reactive ketones (excluding diaryl/α,β-unsaturated/α-hetero) is 2. The van der Waals surface area contributed by atoms with E-state index in [1.54, 1.807) is 31.3 Å². The first-order valence-electron chi connectivity index (χ1n) is 8.41. The number of fused-ring (bicyclic) bond motifs is 3. The Kier molecular flexibility index (Phi) is 3.03. The first kappa shape index (κ1) is 15.9. The van der Waals surface area contributed by atoms with Crippen LogP contribution in [0.1, 0.15) is 33.6 Å². The van der Waals surface area contributed by atoms with Crippen molar-refractivity contribution in [2.45, 2.75) is 33.6 Å². The van der Waals surface area contributed by atoms with E-state index in [4.69, 9.17) is 4.74 Å². The van der Waals surface area contributed by atoms with Crippen molar-refractivity contribution >= 4 is 28.4 Å². The molecule has 0 spiro atoms. The minimum atomic E-state index is -1.41. The van der Waals surface area contributed by atoms with Crippen LogP contribution >= 0.6 is 0 Å². The Balaban J connectivity index is 1.79. The number of carbonyl (C=O) groups is 3. The fraction of sp³-hybridized carbons (Fsp3) is 0.400. The van der Waals surface area contributed by atoms with Gasteiger partial charge in [0.25, 0.3) is 0 Å². The second kappa shape index (κ2) is 4.75. The first-order chi connectivity index (χ1) is 11.8. The number of para-hydroxylation sites is 1. The highest BCUT2D eigenvalue weighted by molar-refractivity contribution is 6.48. The molecule has 2 saturated carbocycles. The fourth-order valence-corrected chi connectivity index (χ4v) is 4.57. The van der Waals surface area contributed by atoms with Gasteiger partial charge in [-0.15, -0.1) is 0 Å². The molecule has 5 nitrogen and oxygen atoms in total. The molecule has 25 heavy (non-hydrogen) atoms. The highest BCUT2D eigenvalue weighted by Gasteiger charge is 2.78. The molecule has 0 unspecified atom stereocenters. The maximum Gasteiger partial charge on any atom is 0.326 e. The van der Waals surface area contributed by atoms with Crippen LogP contribution in [-0.4, -0.2) is 22.5 Å². The lowest BCUT2D eigenvalue weighted by molar-refractivity contribution is -0.157. The van der Waals surface area contributed by atoms with Gasteiger partial charge in [0.15, 0.2) is 5.75 Å². The molecule has 2 aliphatic rings. The molecule has 2 fully saturated rings. The topological polar surface area (TPSA) is 73.3 Å². The highest BCUT2D eigenvalue weighted by Crippen LogP contribution is 2.69. The van der Waals surface area contributed by atoms with Gasteiger partial charge in [-0.1, -0.05) is 39.0 Å². The second-order valence-electron chi connectivity index (χ2n) is 7.74. The molecular formula is C20H19NO4. The highest BCUT2D eigenvalue weighted by atomic mass is 16.5. The van der Waals surface area contributed by atoms with Gasteiger partial charge < -0.3 is 4.74 Å². The van der Waals surface area contributed by atoms with Crippen molar-refractivity contribution in [3.63, 3.8) is 0 Å². The minimum Gasteiger partial charge on any atom is -0.423 e. The molecule has 1 aromatic heterocycles. The molecule has 0 amide bonds. The van der Waals surface area contributed by atoms with Crippen molar-refractivity contribution in [2.75, 3.05) is 0 Å². The molecule has 2 aromatic rings. The molecule has 1 aromatic carbocycles. The summed E-state index contributed by atoms with van der Waals surface area (Å²) in [7, 11) is 0. The van der Waals surface area contributed by atoms with Gasteiger partial charge in [-0.2, -0.15) is 0 Å². The Bertz CT molecular complexity index is 942. The average Bonchev–Trinajstić information content (AvgIpc) is 2.87. The lowest BCUT2D eigenvalue weighted by atomic mass is 9.65. The van der Waals surface area contributed by atoms with E-state index in [0.717, 1.165) is 5.39 Å². The van der Waals surface area contributed by atoms with Gasteiger partial charge in [-0.05, 0) is 25.0 Å². The lowest BCUT2D eigenvalue weighted by Gasteiger charge is -2.36. The van der Waals surface area contributed by atoms with E-state index in [-0.39, 0.29) is 0 Å². The Morgan fingerprint density at radius 3 is 2.44 bits per heavy atom. The zero-order valence-corrected chi connectivity index (χ0v) is 14.5. The standard InChI is InChI=1S/C20H19NO4/c1-18(2)19(3)9-10-20(18,16(23)15(19)22)17(24)25-13-8-4-6-12-7-5-11-21-14(12)13/h4-8,11H,9-10H2,1-3H3/t19-,20+/m0/s1. The molecular weight excluding hydrogens is 318 g/mol. The normalized spacial score (nSPS) is 30.0. The molecule has 4 rings (SSSR count). The third kappa shape index (κ3) is 1.68. The van der Waals surface area contributed by atoms with Crippen LogP contribution in [0.3, 0.4) is 0 Å². The number of ketones is 2. The summed E-state index contributed by atoms with van der Waals surface area (Å²) in [6.45, 7) is 5.44. The third-order valence-electron chi connectivity index (χ3n) is 6.69. The summed E-state index contributed by atoms with van der Waals surface area (Å²) < 4.78 is 5.66. The number of hydrogen-bond donors (Lipinski definition) is 0. The van der Waals surface area contributed by atoms with Crippen molar-refractivity contribution in [2.24, 2.45) is 16.2 Å². The number of esters is 1. The second-order valence-corrected chi connectivity index (χ2v) is 7.74. The summed E-state index contributed by atoms with van der Waals surface area (Å²) in [6, 6.07) is 8.98. The summed E-state index contributed by atoms with van der Waals surface area (Å²) in [4.78, 5) is 42.7. The monoisotopic (exact) mass is 337 g/mol. The first-order valence-corrected chi connectivity index (χ1v) is 8.41. The van der Waals surface area contributed by atoms with Gasteiger partial charge in [-0.25, -0.2) is 0 Å². The van der Waals surface area contributed by atoms with Crippen molar-refractivity contribution in [1.29, 1.82) is 0 Å². The van der Waals surface area contributed by atoms with Crippen LogP contribution in [0.25, 0.3) is 10.9 Å². The van der Waals surface area contributed by atoms with Gasteiger partial charge in [-0.3, -0.25) is 19.4 Å². The van der Waals surface area contributed by atoms with E-state index in [9.17, 15) is 14.4 Å². The van der Waals surface area contributed by atoms with Crippen molar-refractivity contribution < 1.29 is 19.1 Å². The summed E-state index contributed by atoms with van der Waals surface area (Å²) in [5, 5.41) is 0.842. The smallest absolute Gasteiger partial charge is 0.326 e. The van der Waals surface area contributed by atoms with Crippen LogP contribution in [0.5, 0.6) is 5.75 Å². The van der Waals surface area contributed by atoms with Crippen LogP contribution < -0.4 is 4.74 Å². The molecule has 2 atom stereocenters. The van der Waals surface area contributed by atoms with Crippen molar-refractivity contribution in [1.82, 2.24) is 4.98 Å². The largest absolute Gasteiger partial charge is 0.423 e. The van der Waals surface area contributed by atoms with Gasteiger partial charge in [0.1, 0.15) is 10.9 Å². The Morgan fingerprint density at radius 1 is 1.04 bits per heavy atom. The maximum atomic E-state index is 13.1. The summed E-state index contributed by atoms with van der Waals surface area (Å²) in [5.41, 5.74) is -2.43. The van der Waals surface area contributed by atoms with Crippen molar-refractivity contribution in [3.8, 4) is 5.75 Å². The van der Waals surface area contributed by atoms with Crippen LogP contribution in [0.15, 0.2) is 36.5 Å². The number of ether oxygens (including phenoxy) is 1. The third-order valence-corrected chi connectivity index (χ3v) is 6.69. The molecule has 128 valence electrons. The van der Waals surface area contributed by atoms with Gasteiger partial charge >= 0.3 is 5.97 Å². The molecule has 2 bridgehead atoms. The van der Waals surface area contributed by atoms with E-state index in [1.807, 2.05) is 26.0 Å². The predicted octanol–water partition coefficient (Wildman–Crippen LogP) is 3.10. The Labute approximate surface area is 145 Å². The maximum absolute atomic E-state index is 13.1. The molecule has 5 heteroatoms. The number of hydrogen-bond acceptors (Lipinski definition) is 5. The number of benzene rings is 1. The van der Waals surface area contributed by atoms with Crippen LogP contribution in [0.4, 0.5) is 0 Å². The van der Waals surface area contributed by atoms with E-state index in [2.05, 4.69) is 4.98 Å². The number of nitrogens with zero attached hydrogens (tertiary/aromatic N) is 1. The summed E-state index contributed by atoms with van der Waals surface area (Å²) >= 11 is 0. The molecule has 0 aliphatic heterocycles. The molecule has 1 heterocycles. The Morgan fingerprint density at radius 2 is 1.76 bits per heavy atom. The molecule has 2 aliphatic carbocycles. The quantitative estimate of drug-likeness (QED) is 0.364. The van der Waals surface area contributed by atoms with Crippen LogP contribution in [-0.2, 0) is 14.4 Å². The summed E-state index contributed by atoms with van der Waals surface area (Å²) in [6.07, 6.45) is 2.49. The van der Waals surface area contributed by atoms with Crippen LogP contribution in [0, 0.1) is 16.2 Å². The molecule has 0 saturated heterocycles. The fourth-order valence-electron chi connectivity index (χ4n) is 4.57. The zero-order valence-electron chi connectivity index (χ0n) is 14.5. The number of aromatic nitrogens is 1. The van der Waals surface area contributed by atoms with E-state index < -0.39 is 33.8 Å².